The van der Waals surface area contributed by atoms with Crippen LogP contribution in [0.25, 0.3) is 0 Å². The largest absolute Gasteiger partial charge is 0.458 e. The van der Waals surface area contributed by atoms with Crippen LogP contribution in [0.5, 0.6) is 0 Å². The first kappa shape index (κ1) is 24.0. The van der Waals surface area contributed by atoms with Gasteiger partial charge in [-0.15, -0.1) is 0 Å². The highest BCUT2D eigenvalue weighted by Gasteiger charge is 2.60. The Hall–Kier alpha value is -1.12. The number of carbonyl (C=O) groups is 1. The van der Waals surface area contributed by atoms with E-state index in [1.807, 2.05) is 21.1 Å². The zero-order valence-electron chi connectivity index (χ0n) is 21.4. The molecule has 0 amide bonds. The molecule has 5 heteroatoms. The van der Waals surface area contributed by atoms with Crippen molar-refractivity contribution in [2.75, 3.05) is 41.3 Å². The third kappa shape index (κ3) is 4.23. The second kappa shape index (κ2) is 8.58. The Morgan fingerprint density at radius 3 is 2.41 bits per heavy atom. The topological polar surface area (TPSA) is 53.3 Å². The second-order valence-electron chi connectivity index (χ2n) is 13.2. The van der Waals surface area contributed by atoms with Crippen LogP contribution in [0, 0.1) is 45.8 Å². The SMILES string of the molecule is CN(CC#N)[C@H]1CC[C@H]2[C@@H]3CC[C@H]4C[C@@H](OC(=O)C[N+](C)(C)C)CC[C@@]4(C)[C@@H]3CC[C@]12C. The van der Waals surface area contributed by atoms with Crippen molar-refractivity contribution in [1.82, 2.24) is 4.90 Å². The number of nitriles is 1. The summed E-state index contributed by atoms with van der Waals surface area (Å²) in [4.78, 5) is 14.8. The highest BCUT2D eigenvalue weighted by molar-refractivity contribution is 5.70. The fraction of sp³-hybridized carbons (Fsp3) is 0.926. The van der Waals surface area contributed by atoms with E-state index in [2.05, 4.69) is 31.9 Å². The Bertz CT molecular complexity index is 755. The van der Waals surface area contributed by atoms with E-state index in [9.17, 15) is 10.1 Å². The number of likely N-dealkylation sites (N-methyl/N-ethyl adjacent to an activating group) is 1. The number of rotatable bonds is 5. The lowest BCUT2D eigenvalue weighted by Gasteiger charge is -2.61. The van der Waals surface area contributed by atoms with Gasteiger partial charge in [0.2, 0.25) is 0 Å². The fourth-order valence-electron chi connectivity index (χ4n) is 8.85. The smallest absolute Gasteiger partial charge is 0.362 e. The average Bonchev–Trinajstić information content (AvgIpc) is 3.04. The summed E-state index contributed by atoms with van der Waals surface area (Å²) in [7, 11) is 8.29. The molecule has 8 atom stereocenters. The number of hydrogen-bond acceptors (Lipinski definition) is 4. The molecule has 5 nitrogen and oxygen atoms in total. The first-order valence-electron chi connectivity index (χ1n) is 13.0. The Morgan fingerprint density at radius 2 is 1.72 bits per heavy atom. The first-order chi connectivity index (χ1) is 15.0. The second-order valence-corrected chi connectivity index (χ2v) is 13.2. The molecule has 0 unspecified atom stereocenters. The first-order valence-corrected chi connectivity index (χ1v) is 13.0. The van der Waals surface area contributed by atoms with Gasteiger partial charge in [0.05, 0.1) is 33.8 Å². The van der Waals surface area contributed by atoms with Crippen LogP contribution in [-0.4, -0.2) is 68.8 Å². The lowest BCUT2D eigenvalue weighted by molar-refractivity contribution is -0.862. The summed E-state index contributed by atoms with van der Waals surface area (Å²) in [5, 5.41) is 9.24. The monoisotopic (exact) mass is 444 g/mol. The van der Waals surface area contributed by atoms with Gasteiger partial charge in [-0.1, -0.05) is 13.8 Å². The van der Waals surface area contributed by atoms with Crippen LogP contribution < -0.4 is 0 Å². The van der Waals surface area contributed by atoms with Gasteiger partial charge < -0.3 is 9.22 Å². The third-order valence-electron chi connectivity index (χ3n) is 10.3. The number of ether oxygens (including phenoxy) is 1. The van der Waals surface area contributed by atoms with E-state index in [1.165, 1.54) is 44.9 Å². The standard InChI is InChI=1S/C27H46N3O2/c1-26-13-11-20(32-25(31)18-30(4,5)6)17-19(26)7-8-21-22-9-10-24(29(3)16-15-28)27(22,2)14-12-23(21)26/h19-24H,7-14,16-18H2,1-6H3/q+1/t19-,20-,21-,22-,23+,24-,26+,27-/m0/s1. The molecule has 0 aromatic rings. The minimum absolute atomic E-state index is 0.0355. The molecule has 0 aromatic carbocycles. The number of carbonyl (C=O) groups excluding carboxylic acids is 1. The molecule has 4 rings (SSSR count). The molecule has 4 saturated carbocycles. The summed E-state index contributed by atoms with van der Waals surface area (Å²) < 4.78 is 6.59. The van der Waals surface area contributed by atoms with E-state index in [0.29, 0.717) is 40.4 Å². The molecule has 0 N–H and O–H groups in total. The zero-order valence-corrected chi connectivity index (χ0v) is 21.4. The van der Waals surface area contributed by atoms with E-state index in [4.69, 9.17) is 4.74 Å². The van der Waals surface area contributed by atoms with Gasteiger partial charge >= 0.3 is 5.97 Å². The molecule has 4 aliphatic rings. The number of esters is 1. The van der Waals surface area contributed by atoms with Gasteiger partial charge in [0.25, 0.3) is 0 Å². The van der Waals surface area contributed by atoms with Crippen molar-refractivity contribution in [3.8, 4) is 6.07 Å². The van der Waals surface area contributed by atoms with Crippen molar-refractivity contribution in [3.63, 3.8) is 0 Å². The summed E-state index contributed by atoms with van der Waals surface area (Å²) in [6, 6.07) is 2.94. The molecule has 0 heterocycles. The average molecular weight is 445 g/mol. The Kier molecular flexibility index (Phi) is 6.44. The third-order valence-corrected chi connectivity index (χ3v) is 10.3. The van der Waals surface area contributed by atoms with E-state index in [-0.39, 0.29) is 12.1 Å². The van der Waals surface area contributed by atoms with Crippen LogP contribution >= 0.6 is 0 Å². The molecular formula is C27H46N3O2+. The van der Waals surface area contributed by atoms with E-state index >= 15 is 0 Å². The van der Waals surface area contributed by atoms with Crippen molar-refractivity contribution < 1.29 is 14.0 Å². The molecule has 0 bridgehead atoms. The highest BCUT2D eigenvalue weighted by Crippen LogP contribution is 2.66. The molecule has 0 radical (unpaired) electrons. The van der Waals surface area contributed by atoms with Crippen molar-refractivity contribution in [2.24, 2.45) is 34.5 Å². The molecule has 32 heavy (non-hydrogen) atoms. The van der Waals surface area contributed by atoms with Crippen LogP contribution in [0.4, 0.5) is 0 Å². The minimum atomic E-state index is -0.0355. The van der Waals surface area contributed by atoms with Crippen LogP contribution in [0.3, 0.4) is 0 Å². The van der Waals surface area contributed by atoms with Gasteiger partial charge in [-0.2, -0.15) is 5.26 Å². The Labute approximate surface area is 196 Å². The molecule has 4 aliphatic carbocycles. The number of nitrogens with zero attached hydrogens (tertiary/aromatic N) is 3. The van der Waals surface area contributed by atoms with E-state index < -0.39 is 0 Å². The predicted molar refractivity (Wildman–Crippen MR) is 127 cm³/mol. The van der Waals surface area contributed by atoms with Crippen LogP contribution in [0.15, 0.2) is 0 Å². The quantitative estimate of drug-likeness (QED) is 0.357. The molecule has 180 valence electrons. The summed E-state index contributed by atoms with van der Waals surface area (Å²) in [6.07, 6.45) is 11.3. The molecule has 0 saturated heterocycles. The minimum Gasteiger partial charge on any atom is -0.458 e. The molecule has 0 spiro atoms. The summed E-state index contributed by atoms with van der Waals surface area (Å²) >= 11 is 0. The van der Waals surface area contributed by atoms with Crippen LogP contribution in [0.1, 0.15) is 71.6 Å². The zero-order chi connectivity index (χ0) is 23.3. The van der Waals surface area contributed by atoms with Crippen molar-refractivity contribution >= 4 is 5.97 Å². The number of hydrogen-bond donors (Lipinski definition) is 0. The maximum absolute atomic E-state index is 12.4. The van der Waals surface area contributed by atoms with Gasteiger partial charge in [0.15, 0.2) is 6.54 Å². The molecular weight excluding hydrogens is 398 g/mol. The number of fused-ring (bicyclic) bond motifs is 5. The Balaban J connectivity index is 1.43. The summed E-state index contributed by atoms with van der Waals surface area (Å²) in [5.74, 6) is 3.13. The summed E-state index contributed by atoms with van der Waals surface area (Å²) in [5.41, 5.74) is 0.776. The molecule has 4 fully saturated rings. The summed E-state index contributed by atoms with van der Waals surface area (Å²) in [6.45, 7) is 6.12. The van der Waals surface area contributed by atoms with Gasteiger partial charge in [-0.05, 0) is 99.3 Å². The molecule has 0 aromatic heterocycles. The molecule has 0 aliphatic heterocycles. The van der Waals surface area contributed by atoms with Gasteiger partial charge in [0.1, 0.15) is 6.10 Å². The van der Waals surface area contributed by atoms with Gasteiger partial charge in [0, 0.05) is 6.04 Å². The van der Waals surface area contributed by atoms with Crippen molar-refractivity contribution in [2.45, 2.75) is 83.8 Å². The van der Waals surface area contributed by atoms with Gasteiger partial charge in [-0.3, -0.25) is 4.90 Å². The maximum Gasteiger partial charge on any atom is 0.362 e. The van der Waals surface area contributed by atoms with Crippen molar-refractivity contribution in [3.05, 3.63) is 0 Å². The van der Waals surface area contributed by atoms with Crippen LogP contribution in [-0.2, 0) is 9.53 Å². The fourth-order valence-corrected chi connectivity index (χ4v) is 8.85. The lowest BCUT2D eigenvalue weighted by Crippen LogP contribution is -2.56. The number of quaternary nitrogens is 1. The maximum atomic E-state index is 12.4. The van der Waals surface area contributed by atoms with E-state index in [1.54, 1.807) is 0 Å². The van der Waals surface area contributed by atoms with E-state index in [0.717, 1.165) is 30.6 Å². The highest BCUT2D eigenvalue weighted by atomic mass is 16.5. The van der Waals surface area contributed by atoms with Crippen molar-refractivity contribution in [1.29, 1.82) is 5.26 Å². The predicted octanol–water partition coefficient (Wildman–Crippen LogP) is 4.47. The normalized spacial score (nSPS) is 43.7. The van der Waals surface area contributed by atoms with Gasteiger partial charge in [-0.25, -0.2) is 4.79 Å². The lowest BCUT2D eigenvalue weighted by atomic mass is 9.45. The Morgan fingerprint density at radius 1 is 1.03 bits per heavy atom. The van der Waals surface area contributed by atoms with Crippen LogP contribution in [0.2, 0.25) is 0 Å².